The van der Waals surface area contributed by atoms with Crippen LogP contribution in [0.5, 0.6) is 5.75 Å². The molecule has 1 aromatic heterocycles. The van der Waals surface area contributed by atoms with E-state index in [1.165, 1.54) is 0 Å². The Labute approximate surface area is 160 Å². The largest absolute Gasteiger partial charge is 0.487 e. The molecule has 0 aliphatic rings. The fourth-order valence-electron chi connectivity index (χ4n) is 2.44. The molecule has 0 aliphatic carbocycles. The summed E-state index contributed by atoms with van der Waals surface area (Å²) in [6.07, 6.45) is 0.926. The van der Waals surface area contributed by atoms with E-state index < -0.39 is 0 Å². The summed E-state index contributed by atoms with van der Waals surface area (Å²) in [6, 6.07) is 13.2. The first kappa shape index (κ1) is 18.6. The first-order valence-electron chi connectivity index (χ1n) is 8.22. The molecule has 0 spiro atoms. The van der Waals surface area contributed by atoms with Crippen LogP contribution < -0.4 is 10.1 Å². The van der Waals surface area contributed by atoms with Crippen molar-refractivity contribution in [2.75, 3.05) is 25.6 Å². The number of carbonyl (C=O) groups is 1. The van der Waals surface area contributed by atoms with Crippen molar-refractivity contribution in [2.45, 2.75) is 12.8 Å². The number of rotatable bonds is 8. The Hall–Kier alpha value is -2.15. The minimum Gasteiger partial charge on any atom is -0.487 e. The van der Waals surface area contributed by atoms with Crippen molar-refractivity contribution in [1.29, 1.82) is 0 Å². The summed E-state index contributed by atoms with van der Waals surface area (Å²) in [5.41, 5.74) is 1.53. The number of amides is 1. The Morgan fingerprint density at radius 1 is 1.19 bits per heavy atom. The molecule has 0 saturated heterocycles. The van der Waals surface area contributed by atoms with Gasteiger partial charge >= 0.3 is 0 Å². The van der Waals surface area contributed by atoms with E-state index >= 15 is 0 Å². The molecular formula is C19H19ClN2O3S. The lowest BCUT2D eigenvalue weighted by atomic mass is 10.2. The van der Waals surface area contributed by atoms with Gasteiger partial charge in [0.15, 0.2) is 5.75 Å². The zero-order valence-electron chi connectivity index (χ0n) is 14.3. The lowest BCUT2D eigenvalue weighted by Crippen LogP contribution is -2.14. The molecule has 0 radical (unpaired) electrons. The predicted octanol–water partition coefficient (Wildman–Crippen LogP) is 4.55. The van der Waals surface area contributed by atoms with Gasteiger partial charge in [0.2, 0.25) is 5.91 Å². The average molecular weight is 391 g/mol. The summed E-state index contributed by atoms with van der Waals surface area (Å²) < 4.78 is 11.7. The number of para-hydroxylation sites is 2. The number of fused-ring (bicyclic) bond motifs is 1. The molecule has 3 aromatic rings. The Balaban J connectivity index is 1.61. The summed E-state index contributed by atoms with van der Waals surface area (Å²) in [4.78, 5) is 16.9. The van der Waals surface area contributed by atoms with Gasteiger partial charge < -0.3 is 14.8 Å². The van der Waals surface area contributed by atoms with E-state index in [0.717, 1.165) is 15.2 Å². The Kier molecular flexibility index (Phi) is 6.44. The van der Waals surface area contributed by atoms with E-state index in [1.54, 1.807) is 36.6 Å². The number of anilines is 1. The van der Waals surface area contributed by atoms with Crippen molar-refractivity contribution in [3.05, 3.63) is 52.5 Å². The maximum absolute atomic E-state index is 12.3. The summed E-state index contributed by atoms with van der Waals surface area (Å²) in [6.45, 7) is 0.797. The van der Waals surface area contributed by atoms with Gasteiger partial charge in [-0.15, -0.1) is 11.3 Å². The van der Waals surface area contributed by atoms with Gasteiger partial charge in [-0.3, -0.25) is 4.79 Å². The number of nitrogens with one attached hydrogen (secondary N) is 1. The van der Waals surface area contributed by atoms with Crippen LogP contribution in [-0.2, 0) is 16.0 Å². The van der Waals surface area contributed by atoms with E-state index in [9.17, 15) is 4.79 Å². The molecule has 3 rings (SSSR count). The van der Waals surface area contributed by atoms with Crippen molar-refractivity contribution in [1.82, 2.24) is 4.98 Å². The highest BCUT2D eigenvalue weighted by atomic mass is 35.5. The summed E-state index contributed by atoms with van der Waals surface area (Å²) in [5.74, 6) is 0.350. The van der Waals surface area contributed by atoms with Crippen LogP contribution in [0.2, 0.25) is 5.02 Å². The zero-order valence-corrected chi connectivity index (χ0v) is 15.9. The molecule has 1 amide bonds. The Bertz CT molecular complexity index is 864. The number of aryl methyl sites for hydroxylation is 1. The van der Waals surface area contributed by atoms with Crippen molar-refractivity contribution < 1.29 is 14.3 Å². The summed E-state index contributed by atoms with van der Waals surface area (Å²) >= 11 is 7.80. The SMILES string of the molecule is COCCOc1c(Cl)cccc1NC(=O)CCc1nc2ccccc2s1. The van der Waals surface area contributed by atoms with Crippen LogP contribution in [-0.4, -0.2) is 31.2 Å². The van der Waals surface area contributed by atoms with Gasteiger partial charge in [0.1, 0.15) is 6.61 Å². The van der Waals surface area contributed by atoms with Crippen LogP contribution in [0.4, 0.5) is 5.69 Å². The molecule has 0 saturated carbocycles. The molecule has 0 fully saturated rings. The molecule has 0 atom stereocenters. The van der Waals surface area contributed by atoms with Gasteiger partial charge in [0, 0.05) is 20.0 Å². The number of benzene rings is 2. The quantitative estimate of drug-likeness (QED) is 0.573. The third-order valence-electron chi connectivity index (χ3n) is 3.68. The first-order valence-corrected chi connectivity index (χ1v) is 9.41. The average Bonchev–Trinajstić information content (AvgIpc) is 3.05. The monoisotopic (exact) mass is 390 g/mol. The highest BCUT2D eigenvalue weighted by Gasteiger charge is 2.12. The number of hydrogen-bond acceptors (Lipinski definition) is 5. The van der Waals surface area contributed by atoms with Gasteiger partial charge in [-0.2, -0.15) is 0 Å². The van der Waals surface area contributed by atoms with Crippen LogP contribution in [0.15, 0.2) is 42.5 Å². The number of carbonyl (C=O) groups excluding carboxylic acids is 1. The van der Waals surface area contributed by atoms with Crippen LogP contribution in [0.1, 0.15) is 11.4 Å². The Morgan fingerprint density at radius 3 is 2.85 bits per heavy atom. The number of thiazole rings is 1. The number of aromatic nitrogens is 1. The molecule has 0 unspecified atom stereocenters. The number of hydrogen-bond donors (Lipinski definition) is 1. The first-order chi connectivity index (χ1) is 12.7. The van der Waals surface area contributed by atoms with E-state index in [-0.39, 0.29) is 5.91 Å². The summed E-state index contributed by atoms with van der Waals surface area (Å²) in [7, 11) is 1.60. The van der Waals surface area contributed by atoms with Crippen LogP contribution in [0.25, 0.3) is 10.2 Å². The fourth-order valence-corrected chi connectivity index (χ4v) is 3.64. The fraction of sp³-hybridized carbons (Fsp3) is 0.263. The van der Waals surface area contributed by atoms with Gasteiger partial charge in [0.25, 0.3) is 0 Å². The van der Waals surface area contributed by atoms with E-state index in [0.29, 0.717) is 42.5 Å². The van der Waals surface area contributed by atoms with Crippen molar-refractivity contribution in [3.8, 4) is 5.75 Å². The van der Waals surface area contributed by atoms with E-state index in [2.05, 4.69) is 10.3 Å². The van der Waals surface area contributed by atoms with Gasteiger partial charge in [-0.05, 0) is 24.3 Å². The van der Waals surface area contributed by atoms with Crippen molar-refractivity contribution in [2.24, 2.45) is 0 Å². The van der Waals surface area contributed by atoms with Crippen molar-refractivity contribution in [3.63, 3.8) is 0 Å². The normalized spacial score (nSPS) is 10.8. The number of nitrogens with zero attached hydrogens (tertiary/aromatic N) is 1. The molecule has 1 N–H and O–H groups in total. The minimum atomic E-state index is -0.108. The molecule has 0 bridgehead atoms. The third kappa shape index (κ3) is 4.72. The topological polar surface area (TPSA) is 60.5 Å². The highest BCUT2D eigenvalue weighted by Crippen LogP contribution is 2.33. The second-order valence-corrected chi connectivity index (χ2v) is 7.10. The smallest absolute Gasteiger partial charge is 0.224 e. The van der Waals surface area contributed by atoms with Gasteiger partial charge in [-0.25, -0.2) is 4.98 Å². The molecule has 26 heavy (non-hydrogen) atoms. The van der Waals surface area contributed by atoms with Gasteiger partial charge in [-0.1, -0.05) is 29.8 Å². The lowest BCUT2D eigenvalue weighted by molar-refractivity contribution is -0.116. The maximum atomic E-state index is 12.3. The Morgan fingerprint density at radius 2 is 2.04 bits per heavy atom. The second kappa shape index (κ2) is 8.98. The van der Waals surface area contributed by atoms with Crippen LogP contribution in [0, 0.1) is 0 Å². The maximum Gasteiger partial charge on any atom is 0.224 e. The van der Waals surface area contributed by atoms with E-state index in [4.69, 9.17) is 21.1 Å². The predicted molar refractivity (Wildman–Crippen MR) is 105 cm³/mol. The number of methoxy groups -OCH3 is 1. The molecule has 136 valence electrons. The molecule has 5 nitrogen and oxygen atoms in total. The van der Waals surface area contributed by atoms with Gasteiger partial charge in [0.05, 0.1) is 32.5 Å². The number of halogens is 1. The zero-order chi connectivity index (χ0) is 18.4. The van der Waals surface area contributed by atoms with Crippen molar-refractivity contribution >= 4 is 44.7 Å². The second-order valence-electron chi connectivity index (χ2n) is 5.58. The standard InChI is InChI=1S/C19H19ClN2O3S/c1-24-11-12-25-19-13(20)5-4-7-15(19)21-17(23)9-10-18-22-14-6-2-3-8-16(14)26-18/h2-8H,9-12H2,1H3,(H,21,23). The number of ether oxygens (including phenoxy) is 2. The molecule has 0 aliphatic heterocycles. The van der Waals surface area contributed by atoms with Crippen LogP contribution >= 0.6 is 22.9 Å². The lowest BCUT2D eigenvalue weighted by Gasteiger charge is -2.13. The van der Waals surface area contributed by atoms with Crippen LogP contribution in [0.3, 0.4) is 0 Å². The molecular weight excluding hydrogens is 372 g/mol. The summed E-state index contributed by atoms with van der Waals surface area (Å²) in [5, 5.41) is 4.27. The molecule has 1 heterocycles. The third-order valence-corrected chi connectivity index (χ3v) is 5.07. The highest BCUT2D eigenvalue weighted by molar-refractivity contribution is 7.18. The minimum absolute atomic E-state index is 0.108. The molecule has 2 aromatic carbocycles. The molecule has 7 heteroatoms. The van der Waals surface area contributed by atoms with E-state index in [1.807, 2.05) is 24.3 Å².